The molecule has 0 saturated carbocycles. The number of anilines is 1. The second-order valence-electron chi connectivity index (χ2n) is 7.27. The fourth-order valence-electron chi connectivity index (χ4n) is 3.69. The minimum absolute atomic E-state index is 0.128. The molecule has 0 bridgehead atoms. The predicted molar refractivity (Wildman–Crippen MR) is 116 cm³/mol. The Morgan fingerprint density at radius 1 is 1.03 bits per heavy atom. The number of imidazole rings is 1. The molecule has 0 aliphatic rings. The van der Waals surface area contributed by atoms with E-state index in [1.165, 1.54) is 18.5 Å². The Kier molecular flexibility index (Phi) is 4.35. The fourth-order valence-corrected chi connectivity index (χ4v) is 3.69. The van der Waals surface area contributed by atoms with E-state index in [0.717, 1.165) is 27.8 Å². The molecular formula is C23H19FN6. The van der Waals surface area contributed by atoms with Gasteiger partial charge in [-0.25, -0.2) is 24.3 Å². The van der Waals surface area contributed by atoms with Crippen LogP contribution in [0.2, 0.25) is 0 Å². The number of benzene rings is 2. The van der Waals surface area contributed by atoms with E-state index in [1.807, 2.05) is 31.2 Å². The van der Waals surface area contributed by atoms with Gasteiger partial charge in [-0.15, -0.1) is 0 Å². The van der Waals surface area contributed by atoms with Gasteiger partial charge >= 0.3 is 0 Å². The lowest BCUT2D eigenvalue weighted by molar-refractivity contribution is 0.629. The minimum Gasteiger partial charge on any atom is -0.362 e. The number of hydrogen-bond donors (Lipinski definition) is 2. The molecule has 7 heteroatoms. The van der Waals surface area contributed by atoms with E-state index in [2.05, 4.69) is 38.2 Å². The molecule has 0 unspecified atom stereocenters. The van der Waals surface area contributed by atoms with Crippen LogP contribution in [-0.2, 0) is 0 Å². The first-order chi connectivity index (χ1) is 14.6. The molecule has 0 aliphatic carbocycles. The molecule has 0 spiro atoms. The lowest BCUT2D eigenvalue weighted by atomic mass is 9.96. The standard InChI is InChI=1S/C23H19FN6/c1-13-5-3-4-6-17(13)20-18(9-15-7-8-16(24)10-19(15)30-20)14(2)29-23-21-22(26-11-25-21)27-12-28-23/h3-12,14H,1-2H3,(H2,25,26,27,28,29)/t14-/m1/s1. The number of aromatic amines is 1. The topological polar surface area (TPSA) is 79.4 Å². The summed E-state index contributed by atoms with van der Waals surface area (Å²) in [6.07, 6.45) is 3.10. The highest BCUT2D eigenvalue weighted by Gasteiger charge is 2.18. The lowest BCUT2D eigenvalue weighted by Gasteiger charge is -2.20. The largest absolute Gasteiger partial charge is 0.362 e. The van der Waals surface area contributed by atoms with Crippen LogP contribution in [0.4, 0.5) is 10.2 Å². The number of aryl methyl sites for hydroxylation is 1. The number of nitrogens with one attached hydrogen (secondary N) is 2. The molecule has 3 heterocycles. The molecule has 0 fully saturated rings. The van der Waals surface area contributed by atoms with Crippen LogP contribution in [-0.4, -0.2) is 24.9 Å². The van der Waals surface area contributed by atoms with Crippen molar-refractivity contribution in [2.24, 2.45) is 0 Å². The Hall–Kier alpha value is -3.87. The summed E-state index contributed by atoms with van der Waals surface area (Å²) in [5.41, 5.74) is 5.90. The number of hydrogen-bond acceptors (Lipinski definition) is 5. The number of fused-ring (bicyclic) bond motifs is 2. The molecular weight excluding hydrogens is 379 g/mol. The average Bonchev–Trinajstić information content (AvgIpc) is 3.23. The van der Waals surface area contributed by atoms with E-state index in [4.69, 9.17) is 4.98 Å². The number of halogens is 1. The molecule has 30 heavy (non-hydrogen) atoms. The summed E-state index contributed by atoms with van der Waals surface area (Å²) in [7, 11) is 0. The highest BCUT2D eigenvalue weighted by Crippen LogP contribution is 2.33. The smallest absolute Gasteiger partial charge is 0.162 e. The van der Waals surface area contributed by atoms with Crippen molar-refractivity contribution in [3.05, 3.63) is 78.1 Å². The Bertz CT molecular complexity index is 1380. The maximum absolute atomic E-state index is 13.8. The van der Waals surface area contributed by atoms with Crippen LogP contribution in [0.5, 0.6) is 0 Å². The number of rotatable bonds is 4. The SMILES string of the molecule is Cc1ccccc1-c1nc2cc(F)ccc2cc1[C@@H](C)Nc1ncnc2[nH]cnc12. The third-order valence-corrected chi connectivity index (χ3v) is 5.25. The van der Waals surface area contributed by atoms with Crippen LogP contribution < -0.4 is 5.32 Å². The molecule has 2 aromatic carbocycles. The van der Waals surface area contributed by atoms with Crippen LogP contribution in [0, 0.1) is 12.7 Å². The maximum atomic E-state index is 13.8. The summed E-state index contributed by atoms with van der Waals surface area (Å²) < 4.78 is 13.8. The van der Waals surface area contributed by atoms with Crippen LogP contribution in [0.3, 0.4) is 0 Å². The average molecular weight is 398 g/mol. The van der Waals surface area contributed by atoms with E-state index >= 15 is 0 Å². The van der Waals surface area contributed by atoms with Gasteiger partial charge in [-0.3, -0.25) is 0 Å². The van der Waals surface area contributed by atoms with Gasteiger partial charge in [-0.1, -0.05) is 24.3 Å². The van der Waals surface area contributed by atoms with E-state index in [-0.39, 0.29) is 11.9 Å². The van der Waals surface area contributed by atoms with Crippen molar-refractivity contribution in [1.29, 1.82) is 0 Å². The third-order valence-electron chi connectivity index (χ3n) is 5.25. The van der Waals surface area contributed by atoms with Crippen molar-refractivity contribution < 1.29 is 4.39 Å². The Morgan fingerprint density at radius 3 is 2.77 bits per heavy atom. The van der Waals surface area contributed by atoms with E-state index in [0.29, 0.717) is 22.5 Å². The molecule has 5 aromatic rings. The van der Waals surface area contributed by atoms with Gasteiger partial charge < -0.3 is 10.3 Å². The number of aromatic nitrogens is 5. The zero-order valence-electron chi connectivity index (χ0n) is 16.5. The molecule has 0 radical (unpaired) electrons. The molecule has 0 aliphatic heterocycles. The summed E-state index contributed by atoms with van der Waals surface area (Å²) in [5.74, 6) is 0.343. The first-order valence-electron chi connectivity index (χ1n) is 9.67. The molecule has 148 valence electrons. The molecule has 0 saturated heterocycles. The van der Waals surface area contributed by atoms with Gasteiger partial charge in [0.05, 0.1) is 23.6 Å². The monoisotopic (exact) mass is 398 g/mol. The van der Waals surface area contributed by atoms with Crippen LogP contribution >= 0.6 is 0 Å². The molecule has 5 rings (SSSR count). The third kappa shape index (κ3) is 3.14. The van der Waals surface area contributed by atoms with Crippen molar-refractivity contribution in [3.63, 3.8) is 0 Å². The number of H-pyrrole nitrogens is 1. The highest BCUT2D eigenvalue weighted by atomic mass is 19.1. The first kappa shape index (κ1) is 18.2. The first-order valence-corrected chi connectivity index (χ1v) is 9.67. The number of nitrogens with zero attached hydrogens (tertiary/aromatic N) is 4. The summed E-state index contributed by atoms with van der Waals surface area (Å²) in [6.45, 7) is 4.10. The van der Waals surface area contributed by atoms with Gasteiger partial charge in [0.25, 0.3) is 0 Å². The zero-order chi connectivity index (χ0) is 20.7. The van der Waals surface area contributed by atoms with E-state index in [1.54, 1.807) is 12.4 Å². The highest BCUT2D eigenvalue weighted by molar-refractivity contribution is 5.85. The molecule has 2 N–H and O–H groups in total. The molecule has 6 nitrogen and oxygen atoms in total. The Labute approximate surface area is 172 Å². The van der Waals surface area contributed by atoms with Gasteiger partial charge in [0, 0.05) is 22.6 Å². The van der Waals surface area contributed by atoms with Gasteiger partial charge in [0.15, 0.2) is 11.5 Å². The van der Waals surface area contributed by atoms with Crippen molar-refractivity contribution in [2.45, 2.75) is 19.9 Å². The van der Waals surface area contributed by atoms with Crippen molar-refractivity contribution in [1.82, 2.24) is 24.9 Å². The number of pyridine rings is 1. The Morgan fingerprint density at radius 2 is 1.90 bits per heavy atom. The molecule has 0 amide bonds. The van der Waals surface area contributed by atoms with Crippen molar-refractivity contribution in [2.75, 3.05) is 5.32 Å². The predicted octanol–water partition coefficient (Wildman–Crippen LogP) is 5.19. The fraction of sp³-hybridized carbons (Fsp3) is 0.130. The summed E-state index contributed by atoms with van der Waals surface area (Å²) >= 11 is 0. The van der Waals surface area contributed by atoms with Crippen molar-refractivity contribution in [3.8, 4) is 11.3 Å². The van der Waals surface area contributed by atoms with Gasteiger partial charge in [0.1, 0.15) is 17.7 Å². The zero-order valence-corrected chi connectivity index (χ0v) is 16.5. The normalized spacial score (nSPS) is 12.4. The lowest BCUT2D eigenvalue weighted by Crippen LogP contribution is -2.11. The van der Waals surface area contributed by atoms with Crippen molar-refractivity contribution >= 4 is 27.9 Å². The second-order valence-corrected chi connectivity index (χ2v) is 7.27. The summed E-state index contributed by atoms with van der Waals surface area (Å²) in [5, 5.41) is 4.32. The van der Waals surface area contributed by atoms with E-state index in [9.17, 15) is 4.39 Å². The summed E-state index contributed by atoms with van der Waals surface area (Å²) in [6, 6.07) is 14.7. The minimum atomic E-state index is -0.299. The quantitative estimate of drug-likeness (QED) is 0.436. The van der Waals surface area contributed by atoms with Gasteiger partial charge in [-0.2, -0.15) is 0 Å². The molecule has 3 aromatic heterocycles. The molecule has 1 atom stereocenters. The second kappa shape index (κ2) is 7.18. The van der Waals surface area contributed by atoms with Crippen LogP contribution in [0.25, 0.3) is 33.3 Å². The Balaban J connectivity index is 1.66. The van der Waals surface area contributed by atoms with Gasteiger partial charge in [-0.05, 0) is 37.6 Å². The van der Waals surface area contributed by atoms with Crippen LogP contribution in [0.15, 0.2) is 61.2 Å². The van der Waals surface area contributed by atoms with Gasteiger partial charge in [0.2, 0.25) is 0 Å². The summed E-state index contributed by atoms with van der Waals surface area (Å²) in [4.78, 5) is 20.7. The van der Waals surface area contributed by atoms with Crippen LogP contribution in [0.1, 0.15) is 24.1 Å². The van der Waals surface area contributed by atoms with E-state index < -0.39 is 0 Å². The maximum Gasteiger partial charge on any atom is 0.162 e.